The highest BCUT2D eigenvalue weighted by Crippen LogP contribution is 2.58. The van der Waals surface area contributed by atoms with Gasteiger partial charge in [-0.2, -0.15) is 0 Å². The van der Waals surface area contributed by atoms with Crippen LogP contribution in [0.4, 0.5) is 10.1 Å². The SMILES string of the molecule is O=C(Nc1cccc(Cl)c1)[C@H]1CCC12CCC(c1ccnc3ccc(F)cc13)CC2. The summed E-state index contributed by atoms with van der Waals surface area (Å²) in [5, 5.41) is 4.60. The normalized spacial score (nSPS) is 25.8. The molecule has 0 saturated heterocycles. The van der Waals surface area contributed by atoms with Gasteiger partial charge in [-0.05, 0) is 97.9 Å². The number of halogens is 2. The first-order valence-corrected chi connectivity index (χ1v) is 11.0. The van der Waals surface area contributed by atoms with E-state index in [0.717, 1.165) is 55.1 Å². The van der Waals surface area contributed by atoms with Gasteiger partial charge in [0, 0.05) is 28.2 Å². The third kappa shape index (κ3) is 3.47. The van der Waals surface area contributed by atoms with E-state index in [-0.39, 0.29) is 23.1 Å². The molecular formula is C25H24ClFN2O. The minimum absolute atomic E-state index is 0.0593. The van der Waals surface area contributed by atoms with Crippen molar-refractivity contribution < 1.29 is 9.18 Å². The summed E-state index contributed by atoms with van der Waals surface area (Å²) in [6, 6.07) is 14.2. The van der Waals surface area contributed by atoms with Gasteiger partial charge in [0.15, 0.2) is 0 Å². The summed E-state index contributed by atoms with van der Waals surface area (Å²) in [5.74, 6) is 0.336. The summed E-state index contributed by atoms with van der Waals surface area (Å²) in [6.45, 7) is 0. The van der Waals surface area contributed by atoms with Crippen LogP contribution >= 0.6 is 11.6 Å². The van der Waals surface area contributed by atoms with Crippen molar-refractivity contribution in [2.75, 3.05) is 5.32 Å². The van der Waals surface area contributed by atoms with Crippen molar-refractivity contribution in [1.29, 1.82) is 0 Å². The second-order valence-electron chi connectivity index (χ2n) is 8.79. The number of aromatic nitrogens is 1. The van der Waals surface area contributed by atoms with E-state index in [1.807, 2.05) is 24.4 Å². The van der Waals surface area contributed by atoms with Gasteiger partial charge in [0.05, 0.1) is 5.52 Å². The van der Waals surface area contributed by atoms with Crippen molar-refractivity contribution in [2.45, 2.75) is 44.4 Å². The molecule has 1 aromatic heterocycles. The molecule has 1 heterocycles. The molecule has 1 atom stereocenters. The van der Waals surface area contributed by atoms with Gasteiger partial charge in [-0.15, -0.1) is 0 Å². The van der Waals surface area contributed by atoms with Crippen molar-refractivity contribution in [3.63, 3.8) is 0 Å². The molecule has 0 radical (unpaired) electrons. The molecule has 2 aromatic carbocycles. The number of anilines is 1. The molecule has 2 fully saturated rings. The van der Waals surface area contributed by atoms with Crippen molar-refractivity contribution in [3.8, 4) is 0 Å². The van der Waals surface area contributed by atoms with Crippen LogP contribution in [-0.2, 0) is 4.79 Å². The van der Waals surface area contributed by atoms with Crippen molar-refractivity contribution in [3.05, 3.63) is 71.1 Å². The molecule has 2 saturated carbocycles. The molecule has 3 nitrogen and oxygen atoms in total. The topological polar surface area (TPSA) is 42.0 Å². The van der Waals surface area contributed by atoms with E-state index in [9.17, 15) is 9.18 Å². The summed E-state index contributed by atoms with van der Waals surface area (Å²) in [5.41, 5.74) is 2.89. The molecule has 154 valence electrons. The second-order valence-corrected chi connectivity index (χ2v) is 9.23. The van der Waals surface area contributed by atoms with E-state index in [4.69, 9.17) is 11.6 Å². The zero-order valence-corrected chi connectivity index (χ0v) is 17.5. The van der Waals surface area contributed by atoms with E-state index < -0.39 is 0 Å². The van der Waals surface area contributed by atoms with Gasteiger partial charge in [-0.1, -0.05) is 17.7 Å². The standard InChI is InChI=1S/C25H24ClFN2O/c26-17-2-1-3-19(14-17)29-24(30)22-8-12-25(22)10-6-16(7-11-25)20-9-13-28-23-5-4-18(27)15-21(20)23/h1-5,9,13-16,22H,6-8,10-12H2,(H,29,30)/t16?,22-,25?/m1/s1. The summed E-state index contributed by atoms with van der Waals surface area (Å²) in [6.07, 6.45) is 7.99. The molecular weight excluding hydrogens is 399 g/mol. The van der Waals surface area contributed by atoms with Gasteiger partial charge in [0.25, 0.3) is 0 Å². The lowest BCUT2D eigenvalue weighted by Crippen LogP contribution is -2.48. The Kier molecular flexibility index (Phi) is 4.98. The Morgan fingerprint density at radius 2 is 1.87 bits per heavy atom. The number of amides is 1. The average molecular weight is 423 g/mol. The van der Waals surface area contributed by atoms with Gasteiger partial charge in [-0.3, -0.25) is 9.78 Å². The second kappa shape index (κ2) is 7.66. The fourth-order valence-corrected chi connectivity index (χ4v) is 5.69. The fraction of sp³-hybridized carbons (Fsp3) is 0.360. The summed E-state index contributed by atoms with van der Waals surface area (Å²) in [7, 11) is 0. The number of nitrogens with one attached hydrogen (secondary N) is 1. The summed E-state index contributed by atoms with van der Waals surface area (Å²) < 4.78 is 13.8. The third-order valence-corrected chi connectivity index (χ3v) is 7.47. The molecule has 1 amide bonds. The number of benzene rings is 2. The van der Waals surface area contributed by atoms with Crippen molar-refractivity contribution >= 4 is 34.1 Å². The largest absolute Gasteiger partial charge is 0.326 e. The highest BCUT2D eigenvalue weighted by Gasteiger charge is 2.51. The Morgan fingerprint density at radius 1 is 1.07 bits per heavy atom. The van der Waals surface area contributed by atoms with Gasteiger partial charge in [0.1, 0.15) is 5.82 Å². The zero-order valence-electron chi connectivity index (χ0n) is 16.7. The molecule has 2 aliphatic carbocycles. The van der Waals surface area contributed by atoms with Crippen molar-refractivity contribution in [2.24, 2.45) is 11.3 Å². The number of fused-ring (bicyclic) bond motifs is 1. The molecule has 0 bridgehead atoms. The first kappa shape index (κ1) is 19.5. The maximum absolute atomic E-state index is 13.8. The van der Waals surface area contributed by atoms with E-state index in [1.54, 1.807) is 24.3 Å². The predicted molar refractivity (Wildman–Crippen MR) is 118 cm³/mol. The highest BCUT2D eigenvalue weighted by atomic mass is 35.5. The Bertz CT molecular complexity index is 1110. The molecule has 3 aromatic rings. The van der Waals surface area contributed by atoms with Crippen LogP contribution in [0.2, 0.25) is 5.02 Å². The average Bonchev–Trinajstić information content (AvgIpc) is 2.72. The maximum atomic E-state index is 13.8. The van der Waals surface area contributed by atoms with Gasteiger partial charge in [-0.25, -0.2) is 4.39 Å². The predicted octanol–water partition coefficient (Wildman–Crippen LogP) is 6.72. The molecule has 1 N–H and O–H groups in total. The summed E-state index contributed by atoms with van der Waals surface area (Å²) in [4.78, 5) is 17.3. The number of rotatable bonds is 3. The quantitative estimate of drug-likeness (QED) is 0.509. The fourth-order valence-electron chi connectivity index (χ4n) is 5.50. The number of carbonyl (C=O) groups excluding carboxylic acids is 1. The van der Waals surface area contributed by atoms with Crippen LogP contribution in [0.3, 0.4) is 0 Å². The molecule has 2 aliphatic rings. The van der Waals surface area contributed by atoms with Crippen LogP contribution in [0.15, 0.2) is 54.7 Å². The van der Waals surface area contributed by atoms with E-state index >= 15 is 0 Å². The minimum Gasteiger partial charge on any atom is -0.326 e. The Labute approximate surface area is 180 Å². The van der Waals surface area contributed by atoms with Gasteiger partial charge < -0.3 is 5.32 Å². The van der Waals surface area contributed by atoms with E-state index in [1.165, 1.54) is 11.6 Å². The molecule has 0 aliphatic heterocycles. The number of pyridine rings is 1. The smallest absolute Gasteiger partial charge is 0.228 e. The zero-order chi connectivity index (χ0) is 20.7. The van der Waals surface area contributed by atoms with Crippen LogP contribution in [-0.4, -0.2) is 10.9 Å². The Morgan fingerprint density at radius 3 is 2.60 bits per heavy atom. The third-order valence-electron chi connectivity index (χ3n) is 7.24. The maximum Gasteiger partial charge on any atom is 0.228 e. The first-order chi connectivity index (χ1) is 14.5. The highest BCUT2D eigenvalue weighted by molar-refractivity contribution is 6.30. The van der Waals surface area contributed by atoms with E-state index in [2.05, 4.69) is 10.3 Å². The Balaban J connectivity index is 1.30. The Hall–Kier alpha value is -2.46. The lowest BCUT2D eigenvalue weighted by molar-refractivity contribution is -0.133. The van der Waals surface area contributed by atoms with Crippen LogP contribution < -0.4 is 5.32 Å². The van der Waals surface area contributed by atoms with Crippen molar-refractivity contribution in [1.82, 2.24) is 4.98 Å². The minimum atomic E-state index is -0.222. The lowest BCUT2D eigenvalue weighted by atomic mass is 9.52. The monoisotopic (exact) mass is 422 g/mol. The number of hydrogen-bond acceptors (Lipinski definition) is 2. The summed E-state index contributed by atoms with van der Waals surface area (Å²) >= 11 is 6.04. The van der Waals surface area contributed by atoms with Crippen LogP contribution in [0.1, 0.15) is 50.0 Å². The molecule has 5 rings (SSSR count). The number of hydrogen-bond donors (Lipinski definition) is 1. The van der Waals surface area contributed by atoms with E-state index in [0.29, 0.717) is 10.9 Å². The van der Waals surface area contributed by atoms with Crippen LogP contribution in [0.5, 0.6) is 0 Å². The van der Waals surface area contributed by atoms with Gasteiger partial charge >= 0.3 is 0 Å². The van der Waals surface area contributed by atoms with Crippen LogP contribution in [0.25, 0.3) is 10.9 Å². The van der Waals surface area contributed by atoms with Crippen LogP contribution in [0, 0.1) is 17.2 Å². The molecule has 0 unspecified atom stereocenters. The molecule has 5 heteroatoms. The molecule has 1 spiro atoms. The first-order valence-electron chi connectivity index (χ1n) is 10.6. The number of nitrogens with zero attached hydrogens (tertiary/aromatic N) is 1. The number of carbonyl (C=O) groups is 1. The van der Waals surface area contributed by atoms with Gasteiger partial charge in [0.2, 0.25) is 5.91 Å². The molecule has 30 heavy (non-hydrogen) atoms. The lowest BCUT2D eigenvalue weighted by Gasteiger charge is -2.52.